The summed E-state index contributed by atoms with van der Waals surface area (Å²) in [5.41, 5.74) is -0.667. The van der Waals surface area contributed by atoms with Crippen LogP contribution >= 0.6 is 0 Å². The van der Waals surface area contributed by atoms with Crippen molar-refractivity contribution in [1.82, 2.24) is 0 Å². The van der Waals surface area contributed by atoms with Crippen molar-refractivity contribution in [3.05, 3.63) is 10.1 Å². The molecule has 0 bridgehead atoms. The molecule has 96 valence electrons. The van der Waals surface area contributed by atoms with E-state index in [4.69, 9.17) is 20.4 Å². The molecule has 0 saturated carbocycles. The first-order chi connectivity index (χ1) is 7.37. The molecule has 8 heteroatoms. The average Bonchev–Trinajstić information content (AvgIpc) is 2.21. The van der Waals surface area contributed by atoms with Crippen LogP contribution in [0.1, 0.15) is 13.3 Å². The Morgan fingerprint density at radius 3 is 1.62 bits per heavy atom. The summed E-state index contributed by atoms with van der Waals surface area (Å²) in [6.07, 6.45) is 0.594. The van der Waals surface area contributed by atoms with Gasteiger partial charge in [-0.25, -0.2) is 4.79 Å². The maximum atomic E-state index is 9.37. The van der Waals surface area contributed by atoms with E-state index in [9.17, 15) is 14.9 Å². The molecule has 8 nitrogen and oxygen atoms in total. The zero-order valence-corrected chi connectivity index (χ0v) is 9.00. The van der Waals surface area contributed by atoms with Gasteiger partial charge >= 0.3 is 5.97 Å². The Morgan fingerprint density at radius 2 is 1.62 bits per heavy atom. The molecule has 0 aliphatic carbocycles. The number of aliphatic carboxylic acids is 1. The van der Waals surface area contributed by atoms with Gasteiger partial charge in [0.1, 0.15) is 0 Å². The molecule has 16 heavy (non-hydrogen) atoms. The minimum absolute atomic E-state index is 0.156. The summed E-state index contributed by atoms with van der Waals surface area (Å²) in [6, 6.07) is 0. The fourth-order valence-corrected chi connectivity index (χ4v) is 0.596. The quantitative estimate of drug-likeness (QED) is 0.333. The van der Waals surface area contributed by atoms with Crippen molar-refractivity contribution in [2.75, 3.05) is 26.4 Å². The van der Waals surface area contributed by atoms with Crippen LogP contribution < -0.4 is 0 Å². The summed E-state index contributed by atoms with van der Waals surface area (Å²) in [4.78, 5) is 17.7. The van der Waals surface area contributed by atoms with Crippen LogP contribution in [0.25, 0.3) is 0 Å². The zero-order chi connectivity index (χ0) is 13.2. The van der Waals surface area contributed by atoms with Crippen molar-refractivity contribution >= 4 is 5.97 Å². The molecule has 0 aromatic heterocycles. The van der Waals surface area contributed by atoms with Crippen molar-refractivity contribution in [3.63, 3.8) is 0 Å². The highest BCUT2D eigenvalue weighted by molar-refractivity contribution is 5.67. The zero-order valence-electron chi connectivity index (χ0n) is 9.00. The van der Waals surface area contributed by atoms with E-state index < -0.39 is 22.9 Å². The highest BCUT2D eigenvalue weighted by Gasteiger charge is 2.24. The highest BCUT2D eigenvalue weighted by atomic mass is 16.6. The fourth-order valence-electron chi connectivity index (χ4n) is 0.596. The molecule has 0 radical (unpaired) electrons. The highest BCUT2D eigenvalue weighted by Crippen LogP contribution is 2.18. The van der Waals surface area contributed by atoms with Crippen molar-refractivity contribution < 1.29 is 30.1 Å². The second-order valence-electron chi connectivity index (χ2n) is 3.21. The second-order valence-corrected chi connectivity index (χ2v) is 3.21. The standard InChI is InChI=1S/C6H14O3.C2H3NO4/c1-2-6(3-7,4-8)5-9;4-2(5)1-3(6)7/h7-9H,2-5H2,1H3;1H2,(H,4,5). The molecule has 0 heterocycles. The van der Waals surface area contributed by atoms with E-state index in [1.54, 1.807) is 0 Å². The van der Waals surface area contributed by atoms with Gasteiger partial charge in [-0.3, -0.25) is 10.1 Å². The average molecular weight is 239 g/mol. The van der Waals surface area contributed by atoms with Crippen LogP contribution in [0.5, 0.6) is 0 Å². The van der Waals surface area contributed by atoms with Crippen molar-refractivity contribution in [3.8, 4) is 0 Å². The van der Waals surface area contributed by atoms with E-state index in [1.807, 2.05) is 6.92 Å². The van der Waals surface area contributed by atoms with Crippen LogP contribution in [0.3, 0.4) is 0 Å². The summed E-state index contributed by atoms with van der Waals surface area (Å²) in [7, 11) is 0. The van der Waals surface area contributed by atoms with Crippen molar-refractivity contribution in [2.24, 2.45) is 5.41 Å². The van der Waals surface area contributed by atoms with Crippen LogP contribution in [-0.2, 0) is 4.79 Å². The number of nitrogens with zero attached hydrogens (tertiary/aromatic N) is 1. The van der Waals surface area contributed by atoms with Crippen molar-refractivity contribution in [1.29, 1.82) is 0 Å². The number of aliphatic hydroxyl groups excluding tert-OH is 3. The molecule has 4 N–H and O–H groups in total. The van der Waals surface area contributed by atoms with Gasteiger partial charge < -0.3 is 20.4 Å². The molecule has 0 aromatic carbocycles. The Kier molecular flexibility index (Phi) is 9.66. The number of nitro groups is 1. The summed E-state index contributed by atoms with van der Waals surface area (Å²) < 4.78 is 0. The third-order valence-electron chi connectivity index (χ3n) is 2.02. The molecule has 0 unspecified atom stereocenters. The number of carbonyl (C=O) groups is 1. The first-order valence-corrected chi connectivity index (χ1v) is 4.53. The minimum Gasteiger partial charge on any atom is -0.476 e. The number of aliphatic hydroxyl groups is 3. The Balaban J connectivity index is 0. The molecular weight excluding hydrogens is 222 g/mol. The molecule has 0 atom stereocenters. The van der Waals surface area contributed by atoms with E-state index in [2.05, 4.69) is 0 Å². The number of rotatable bonds is 6. The van der Waals surface area contributed by atoms with Gasteiger partial charge in [-0.15, -0.1) is 0 Å². The van der Waals surface area contributed by atoms with Crippen LogP contribution in [0, 0.1) is 15.5 Å². The monoisotopic (exact) mass is 239 g/mol. The molecule has 0 fully saturated rings. The van der Waals surface area contributed by atoms with E-state index in [0.29, 0.717) is 6.42 Å². The maximum Gasteiger partial charge on any atom is 0.376 e. The molecule has 0 saturated heterocycles. The van der Waals surface area contributed by atoms with E-state index in [0.717, 1.165) is 0 Å². The van der Waals surface area contributed by atoms with Gasteiger partial charge in [-0.1, -0.05) is 6.92 Å². The lowest BCUT2D eigenvalue weighted by molar-refractivity contribution is -0.469. The van der Waals surface area contributed by atoms with Crippen LogP contribution in [0.15, 0.2) is 0 Å². The Hall–Kier alpha value is -1.25. The summed E-state index contributed by atoms with van der Waals surface area (Å²) in [5.74, 6) is -1.41. The maximum absolute atomic E-state index is 9.37. The van der Waals surface area contributed by atoms with E-state index >= 15 is 0 Å². The first-order valence-electron chi connectivity index (χ1n) is 4.53. The van der Waals surface area contributed by atoms with Crippen molar-refractivity contribution in [2.45, 2.75) is 13.3 Å². The first kappa shape index (κ1) is 17.2. The van der Waals surface area contributed by atoms with Gasteiger partial charge in [0.2, 0.25) is 0 Å². The molecular formula is C8H17NO7. The Morgan fingerprint density at radius 1 is 1.25 bits per heavy atom. The fraction of sp³-hybridized carbons (Fsp3) is 0.875. The van der Waals surface area contributed by atoms with E-state index in [-0.39, 0.29) is 19.8 Å². The van der Waals surface area contributed by atoms with Gasteiger partial charge in [0.05, 0.1) is 19.8 Å². The summed E-state index contributed by atoms with van der Waals surface area (Å²) in [6.45, 7) is 0.353. The predicted octanol–water partition coefficient (Wildman–Crippen LogP) is -1.29. The summed E-state index contributed by atoms with van der Waals surface area (Å²) in [5, 5.41) is 42.8. The lowest BCUT2D eigenvalue weighted by Crippen LogP contribution is -2.32. The van der Waals surface area contributed by atoms with Crippen LogP contribution in [-0.4, -0.2) is 57.7 Å². The van der Waals surface area contributed by atoms with Gasteiger partial charge in [0.15, 0.2) is 0 Å². The van der Waals surface area contributed by atoms with Gasteiger partial charge in [-0.05, 0) is 6.42 Å². The van der Waals surface area contributed by atoms with Crippen LogP contribution in [0.2, 0.25) is 0 Å². The van der Waals surface area contributed by atoms with Crippen LogP contribution in [0.4, 0.5) is 0 Å². The van der Waals surface area contributed by atoms with Gasteiger partial charge in [0.25, 0.3) is 6.54 Å². The number of hydrogen-bond donors (Lipinski definition) is 4. The molecule has 0 spiro atoms. The predicted molar refractivity (Wildman–Crippen MR) is 53.5 cm³/mol. The van der Waals surface area contributed by atoms with Gasteiger partial charge in [0, 0.05) is 10.3 Å². The Labute approximate surface area is 92.3 Å². The van der Waals surface area contributed by atoms with E-state index in [1.165, 1.54) is 0 Å². The smallest absolute Gasteiger partial charge is 0.376 e. The molecule has 0 rings (SSSR count). The number of carboxylic acid groups (broad SMARTS) is 1. The molecule has 0 aliphatic rings. The topological polar surface area (TPSA) is 141 Å². The SMILES string of the molecule is CCC(CO)(CO)CO.O=C(O)C[N+](=O)[O-]. The third kappa shape index (κ3) is 8.09. The molecule has 0 aliphatic heterocycles. The lowest BCUT2D eigenvalue weighted by Gasteiger charge is -2.24. The lowest BCUT2D eigenvalue weighted by atomic mass is 9.88. The summed E-state index contributed by atoms with van der Waals surface area (Å²) >= 11 is 0. The molecule has 0 aromatic rings. The largest absolute Gasteiger partial charge is 0.476 e. The third-order valence-corrected chi connectivity index (χ3v) is 2.02. The van der Waals surface area contributed by atoms with Gasteiger partial charge in [-0.2, -0.15) is 0 Å². The number of hydrogen-bond acceptors (Lipinski definition) is 6. The molecule has 0 amide bonds. The second kappa shape index (κ2) is 9.01. The Bertz CT molecular complexity index is 185. The minimum atomic E-state index is -1.41. The normalized spacial score (nSPS) is 10.2. The number of carboxylic acids is 1.